The maximum Gasteiger partial charge on any atom is 0.128 e. The highest BCUT2D eigenvalue weighted by Gasteiger charge is 2.04. The van der Waals surface area contributed by atoms with Crippen LogP contribution in [0.5, 0.6) is 5.75 Å². The SMILES string of the molecule is CCOc1ccccc1C[NH2+]C[C@H](C)O. The summed E-state index contributed by atoms with van der Waals surface area (Å²) < 4.78 is 5.51. The molecule has 0 fully saturated rings. The average molecular weight is 210 g/mol. The van der Waals surface area contributed by atoms with Gasteiger partial charge in [0, 0.05) is 5.56 Å². The van der Waals surface area contributed by atoms with E-state index in [0.717, 1.165) is 18.8 Å². The molecule has 0 unspecified atom stereocenters. The number of hydrogen-bond acceptors (Lipinski definition) is 2. The lowest BCUT2D eigenvalue weighted by atomic mass is 10.2. The maximum atomic E-state index is 9.14. The highest BCUT2D eigenvalue weighted by atomic mass is 16.5. The molecule has 0 aromatic heterocycles. The predicted octanol–water partition coefficient (Wildman–Crippen LogP) is 0.530. The number of hydrogen-bond donors (Lipinski definition) is 2. The van der Waals surface area contributed by atoms with Gasteiger partial charge in [-0.1, -0.05) is 12.1 Å². The lowest BCUT2D eigenvalue weighted by Crippen LogP contribution is -2.84. The van der Waals surface area contributed by atoms with Crippen molar-refractivity contribution < 1.29 is 15.2 Å². The zero-order valence-corrected chi connectivity index (χ0v) is 9.44. The van der Waals surface area contributed by atoms with Crippen molar-refractivity contribution >= 4 is 0 Å². The van der Waals surface area contributed by atoms with E-state index in [-0.39, 0.29) is 6.10 Å². The molecule has 15 heavy (non-hydrogen) atoms. The Balaban J connectivity index is 2.51. The minimum Gasteiger partial charge on any atom is -0.493 e. The van der Waals surface area contributed by atoms with Gasteiger partial charge in [-0.3, -0.25) is 0 Å². The minimum atomic E-state index is -0.260. The summed E-state index contributed by atoms with van der Waals surface area (Å²) in [5.74, 6) is 0.946. The Kier molecular flexibility index (Phi) is 5.15. The number of benzene rings is 1. The lowest BCUT2D eigenvalue weighted by Gasteiger charge is -2.09. The number of rotatable bonds is 6. The van der Waals surface area contributed by atoms with E-state index in [9.17, 15) is 0 Å². The van der Waals surface area contributed by atoms with Crippen LogP contribution >= 0.6 is 0 Å². The molecule has 0 aliphatic carbocycles. The van der Waals surface area contributed by atoms with Crippen LogP contribution in [0.3, 0.4) is 0 Å². The molecule has 1 aromatic carbocycles. The van der Waals surface area contributed by atoms with Gasteiger partial charge in [0.25, 0.3) is 0 Å². The fraction of sp³-hybridized carbons (Fsp3) is 0.500. The van der Waals surface area contributed by atoms with Crippen molar-refractivity contribution in [1.29, 1.82) is 0 Å². The second kappa shape index (κ2) is 6.43. The summed E-state index contributed by atoms with van der Waals surface area (Å²) in [6, 6.07) is 8.02. The number of ether oxygens (including phenoxy) is 1. The Hall–Kier alpha value is -1.06. The van der Waals surface area contributed by atoms with E-state index in [0.29, 0.717) is 6.61 Å². The summed E-state index contributed by atoms with van der Waals surface area (Å²) in [4.78, 5) is 0. The van der Waals surface area contributed by atoms with Crippen molar-refractivity contribution in [2.24, 2.45) is 0 Å². The second-order valence-electron chi connectivity index (χ2n) is 3.62. The number of aliphatic hydroxyl groups is 1. The average Bonchev–Trinajstić information content (AvgIpc) is 2.20. The van der Waals surface area contributed by atoms with Gasteiger partial charge in [0.05, 0.1) is 12.7 Å². The first kappa shape index (κ1) is 12.0. The van der Waals surface area contributed by atoms with Gasteiger partial charge >= 0.3 is 0 Å². The molecule has 3 N–H and O–H groups in total. The Morgan fingerprint density at radius 3 is 2.80 bits per heavy atom. The van der Waals surface area contributed by atoms with E-state index in [1.807, 2.05) is 25.1 Å². The molecule has 84 valence electrons. The van der Waals surface area contributed by atoms with Crippen LogP contribution in [0.15, 0.2) is 24.3 Å². The van der Waals surface area contributed by atoms with Gasteiger partial charge in [0.2, 0.25) is 0 Å². The van der Waals surface area contributed by atoms with Gasteiger partial charge in [0.15, 0.2) is 0 Å². The molecule has 0 aliphatic rings. The van der Waals surface area contributed by atoms with Crippen LogP contribution in [-0.4, -0.2) is 24.4 Å². The van der Waals surface area contributed by atoms with Gasteiger partial charge in [0.1, 0.15) is 18.8 Å². The van der Waals surface area contributed by atoms with Gasteiger partial charge in [-0.25, -0.2) is 0 Å². The molecule has 0 aliphatic heterocycles. The van der Waals surface area contributed by atoms with Crippen LogP contribution in [0.2, 0.25) is 0 Å². The van der Waals surface area contributed by atoms with Crippen molar-refractivity contribution in [3.05, 3.63) is 29.8 Å². The first-order chi connectivity index (χ1) is 7.24. The minimum absolute atomic E-state index is 0.260. The molecule has 0 saturated carbocycles. The highest BCUT2D eigenvalue weighted by Crippen LogP contribution is 2.16. The van der Waals surface area contributed by atoms with Crippen LogP contribution in [-0.2, 0) is 6.54 Å². The molecular formula is C12H20NO2+. The van der Waals surface area contributed by atoms with Crippen molar-refractivity contribution in [1.82, 2.24) is 0 Å². The first-order valence-corrected chi connectivity index (χ1v) is 5.44. The van der Waals surface area contributed by atoms with Gasteiger partial charge in [-0.05, 0) is 26.0 Å². The third-order valence-electron chi connectivity index (χ3n) is 2.14. The van der Waals surface area contributed by atoms with Crippen LogP contribution in [0.4, 0.5) is 0 Å². The Labute approximate surface area is 91.1 Å². The molecule has 3 heteroatoms. The summed E-state index contributed by atoms with van der Waals surface area (Å²) in [6.07, 6.45) is -0.260. The number of quaternary nitrogens is 1. The highest BCUT2D eigenvalue weighted by molar-refractivity contribution is 5.32. The van der Waals surface area contributed by atoms with Gasteiger partial charge < -0.3 is 15.2 Å². The molecule has 0 bridgehead atoms. The zero-order valence-electron chi connectivity index (χ0n) is 9.44. The summed E-state index contributed by atoms with van der Waals surface area (Å²) in [7, 11) is 0. The number of para-hydroxylation sites is 1. The molecule has 0 heterocycles. The summed E-state index contributed by atoms with van der Waals surface area (Å²) >= 11 is 0. The fourth-order valence-electron chi connectivity index (χ4n) is 1.45. The zero-order chi connectivity index (χ0) is 11.1. The van der Waals surface area contributed by atoms with Crippen LogP contribution in [0.1, 0.15) is 19.4 Å². The molecular weight excluding hydrogens is 190 g/mol. The second-order valence-corrected chi connectivity index (χ2v) is 3.62. The third kappa shape index (κ3) is 4.32. The fourth-order valence-corrected chi connectivity index (χ4v) is 1.45. The lowest BCUT2D eigenvalue weighted by molar-refractivity contribution is -0.676. The smallest absolute Gasteiger partial charge is 0.128 e. The Morgan fingerprint density at radius 1 is 1.40 bits per heavy atom. The Morgan fingerprint density at radius 2 is 2.13 bits per heavy atom. The summed E-state index contributed by atoms with van der Waals surface area (Å²) in [5.41, 5.74) is 1.18. The van der Waals surface area contributed by atoms with Crippen molar-refractivity contribution in [2.45, 2.75) is 26.5 Å². The first-order valence-electron chi connectivity index (χ1n) is 5.44. The van der Waals surface area contributed by atoms with E-state index in [1.165, 1.54) is 5.56 Å². The largest absolute Gasteiger partial charge is 0.493 e. The van der Waals surface area contributed by atoms with E-state index in [1.54, 1.807) is 6.92 Å². The molecule has 1 rings (SSSR count). The number of nitrogens with two attached hydrogens (primary N) is 1. The van der Waals surface area contributed by atoms with E-state index in [2.05, 4.69) is 11.4 Å². The van der Waals surface area contributed by atoms with Crippen LogP contribution in [0.25, 0.3) is 0 Å². The summed E-state index contributed by atoms with van der Waals surface area (Å²) in [6.45, 7) is 6.04. The van der Waals surface area contributed by atoms with E-state index >= 15 is 0 Å². The topological polar surface area (TPSA) is 46.1 Å². The van der Waals surface area contributed by atoms with Crippen LogP contribution < -0.4 is 10.1 Å². The number of aliphatic hydroxyl groups excluding tert-OH is 1. The molecule has 1 atom stereocenters. The maximum absolute atomic E-state index is 9.14. The van der Waals surface area contributed by atoms with E-state index < -0.39 is 0 Å². The van der Waals surface area contributed by atoms with Crippen molar-refractivity contribution in [3.8, 4) is 5.75 Å². The third-order valence-corrected chi connectivity index (χ3v) is 2.14. The molecule has 1 aromatic rings. The molecule has 0 spiro atoms. The summed E-state index contributed by atoms with van der Waals surface area (Å²) in [5, 5.41) is 11.2. The predicted molar refractivity (Wildman–Crippen MR) is 59.8 cm³/mol. The quantitative estimate of drug-likeness (QED) is 0.719. The molecule has 0 saturated heterocycles. The normalized spacial score (nSPS) is 12.5. The van der Waals surface area contributed by atoms with Crippen molar-refractivity contribution in [2.75, 3.05) is 13.2 Å². The molecule has 0 amide bonds. The molecule has 3 nitrogen and oxygen atoms in total. The standard InChI is InChI=1S/C12H19NO2/c1-3-15-12-7-5-4-6-11(12)9-13-8-10(2)14/h4-7,10,13-14H,3,8-9H2,1-2H3/p+1/t10-/m0/s1. The monoisotopic (exact) mass is 210 g/mol. The van der Waals surface area contributed by atoms with E-state index in [4.69, 9.17) is 9.84 Å². The van der Waals surface area contributed by atoms with Gasteiger partial charge in [-0.15, -0.1) is 0 Å². The Bertz CT molecular complexity index is 287. The van der Waals surface area contributed by atoms with Gasteiger partial charge in [-0.2, -0.15) is 0 Å². The molecule has 0 radical (unpaired) electrons. The van der Waals surface area contributed by atoms with Crippen molar-refractivity contribution in [3.63, 3.8) is 0 Å². The van der Waals surface area contributed by atoms with Crippen LogP contribution in [0, 0.1) is 0 Å².